The summed E-state index contributed by atoms with van der Waals surface area (Å²) in [6, 6.07) is 7.49. The molecule has 0 aliphatic carbocycles. The molecule has 2 aromatic carbocycles. The molecule has 1 atom stereocenters. The summed E-state index contributed by atoms with van der Waals surface area (Å²) in [5.41, 5.74) is -0.562. The number of hydrogen-bond donors (Lipinski definition) is 3. The fraction of sp³-hybridized carbons (Fsp3) is 0.250. The van der Waals surface area contributed by atoms with Gasteiger partial charge in [0.1, 0.15) is 5.82 Å². The molecule has 3 rings (SSSR count). The lowest BCUT2D eigenvalue weighted by Gasteiger charge is -2.19. The van der Waals surface area contributed by atoms with Crippen molar-refractivity contribution >= 4 is 28.5 Å². The zero-order chi connectivity index (χ0) is 21.2. The molecule has 29 heavy (non-hydrogen) atoms. The second kappa shape index (κ2) is 8.12. The lowest BCUT2D eigenvalue weighted by Crippen LogP contribution is -2.23. The Morgan fingerprint density at radius 1 is 1.28 bits per heavy atom. The monoisotopic (exact) mass is 409 g/mol. The van der Waals surface area contributed by atoms with Crippen LogP contribution < -0.4 is 5.32 Å². The molecule has 3 aromatic rings. The van der Waals surface area contributed by atoms with Gasteiger partial charge in [0.05, 0.1) is 28.9 Å². The summed E-state index contributed by atoms with van der Waals surface area (Å²) in [4.78, 5) is 6.61. The molecule has 154 valence electrons. The first-order valence-electron chi connectivity index (χ1n) is 8.70. The summed E-state index contributed by atoms with van der Waals surface area (Å²) in [7, 11) is 1.46. The average molecular weight is 409 g/mol. The second-order valence-corrected chi connectivity index (χ2v) is 6.54. The van der Waals surface area contributed by atoms with Gasteiger partial charge in [0.2, 0.25) is 0 Å². The minimum absolute atomic E-state index is 0.00681. The number of anilines is 1. The average Bonchev–Trinajstić information content (AvgIpc) is 2.96. The number of alkyl halides is 3. The highest BCUT2D eigenvalue weighted by Crippen LogP contribution is 2.37. The van der Waals surface area contributed by atoms with Crippen LogP contribution in [0.15, 0.2) is 41.4 Å². The lowest BCUT2D eigenvalue weighted by molar-refractivity contribution is -0.136. The number of halogens is 4. The topological polar surface area (TPSA) is 69.6 Å². The lowest BCUT2D eigenvalue weighted by atomic mass is 10.1. The van der Waals surface area contributed by atoms with E-state index in [1.807, 2.05) is 0 Å². The van der Waals surface area contributed by atoms with Gasteiger partial charge in [-0.15, -0.1) is 0 Å². The van der Waals surface area contributed by atoms with E-state index in [9.17, 15) is 22.7 Å². The minimum Gasteiger partial charge on any atom is -0.494 e. The van der Waals surface area contributed by atoms with Gasteiger partial charge in [0.15, 0.2) is 5.88 Å². The van der Waals surface area contributed by atoms with Crippen LogP contribution in [0, 0.1) is 5.82 Å². The second-order valence-electron chi connectivity index (χ2n) is 6.54. The van der Waals surface area contributed by atoms with Gasteiger partial charge in [0.25, 0.3) is 0 Å². The van der Waals surface area contributed by atoms with Gasteiger partial charge in [0, 0.05) is 30.4 Å². The SMILES string of the molecule is COCC(C)Nc1ccc(N=Cc2c(O)[nH]c3cccc(F)c23)cc1C(F)(F)F. The summed E-state index contributed by atoms with van der Waals surface area (Å²) in [6.45, 7) is 1.94. The maximum atomic E-state index is 14.1. The number of aromatic amines is 1. The minimum atomic E-state index is -4.60. The van der Waals surface area contributed by atoms with Gasteiger partial charge >= 0.3 is 6.18 Å². The number of nitrogens with one attached hydrogen (secondary N) is 2. The molecule has 1 heterocycles. The zero-order valence-corrected chi connectivity index (χ0v) is 15.6. The summed E-state index contributed by atoms with van der Waals surface area (Å²) >= 11 is 0. The number of aromatic nitrogens is 1. The predicted octanol–water partition coefficient (Wildman–Crippen LogP) is 5.23. The number of hydrogen-bond acceptors (Lipinski definition) is 4. The summed E-state index contributed by atoms with van der Waals surface area (Å²) < 4.78 is 59.5. The van der Waals surface area contributed by atoms with Gasteiger partial charge < -0.3 is 20.1 Å². The van der Waals surface area contributed by atoms with Gasteiger partial charge in [-0.1, -0.05) is 6.07 Å². The Morgan fingerprint density at radius 2 is 2.03 bits per heavy atom. The molecule has 0 spiro atoms. The molecule has 0 bridgehead atoms. The quantitative estimate of drug-likeness (QED) is 0.386. The fourth-order valence-electron chi connectivity index (χ4n) is 3.01. The molecule has 0 fully saturated rings. The first kappa shape index (κ1) is 20.7. The van der Waals surface area contributed by atoms with Crippen LogP contribution in [0.2, 0.25) is 0 Å². The van der Waals surface area contributed by atoms with Crippen molar-refractivity contribution in [3.63, 3.8) is 0 Å². The van der Waals surface area contributed by atoms with Gasteiger partial charge in [-0.2, -0.15) is 13.2 Å². The summed E-state index contributed by atoms with van der Waals surface area (Å²) in [6.07, 6.45) is -3.47. The van der Waals surface area contributed by atoms with E-state index in [1.165, 1.54) is 31.4 Å². The number of nitrogens with zero attached hydrogens (tertiary/aromatic N) is 1. The largest absolute Gasteiger partial charge is 0.494 e. The molecule has 0 aliphatic rings. The van der Waals surface area contributed by atoms with Crippen molar-refractivity contribution in [3.8, 4) is 5.88 Å². The third-order valence-corrected chi connectivity index (χ3v) is 4.26. The molecular formula is C20H19F4N3O2. The molecular weight excluding hydrogens is 390 g/mol. The van der Waals surface area contributed by atoms with E-state index in [-0.39, 0.29) is 40.9 Å². The number of H-pyrrole nitrogens is 1. The van der Waals surface area contributed by atoms with Crippen LogP contribution >= 0.6 is 0 Å². The van der Waals surface area contributed by atoms with Crippen molar-refractivity contribution in [1.82, 2.24) is 4.98 Å². The zero-order valence-electron chi connectivity index (χ0n) is 15.6. The van der Waals surface area contributed by atoms with E-state index in [4.69, 9.17) is 4.74 Å². The number of aliphatic imine (C=N–C) groups is 1. The van der Waals surface area contributed by atoms with E-state index in [2.05, 4.69) is 15.3 Å². The smallest absolute Gasteiger partial charge is 0.418 e. The number of fused-ring (bicyclic) bond motifs is 1. The Labute approximate surface area is 164 Å². The van der Waals surface area contributed by atoms with Crippen molar-refractivity contribution in [1.29, 1.82) is 0 Å². The van der Waals surface area contributed by atoms with Crippen molar-refractivity contribution in [2.24, 2.45) is 4.99 Å². The van der Waals surface area contributed by atoms with Crippen molar-refractivity contribution < 1.29 is 27.4 Å². The van der Waals surface area contributed by atoms with E-state index in [0.29, 0.717) is 5.52 Å². The van der Waals surface area contributed by atoms with Gasteiger partial charge in [-0.25, -0.2) is 4.39 Å². The van der Waals surface area contributed by atoms with E-state index >= 15 is 0 Å². The highest BCUT2D eigenvalue weighted by molar-refractivity contribution is 6.02. The molecule has 3 N–H and O–H groups in total. The molecule has 5 nitrogen and oxygen atoms in total. The number of aromatic hydroxyl groups is 1. The highest BCUT2D eigenvalue weighted by atomic mass is 19.4. The molecule has 0 amide bonds. The fourth-order valence-corrected chi connectivity index (χ4v) is 3.01. The molecule has 0 radical (unpaired) electrons. The number of rotatable bonds is 6. The summed E-state index contributed by atoms with van der Waals surface area (Å²) in [5, 5.41) is 12.9. The van der Waals surface area contributed by atoms with Crippen LogP contribution in [0.25, 0.3) is 10.9 Å². The Hall–Kier alpha value is -3.07. The highest BCUT2D eigenvalue weighted by Gasteiger charge is 2.34. The van der Waals surface area contributed by atoms with Crippen LogP contribution in [0.3, 0.4) is 0 Å². The van der Waals surface area contributed by atoms with Gasteiger partial charge in [-0.3, -0.25) is 4.99 Å². The van der Waals surface area contributed by atoms with E-state index < -0.39 is 17.6 Å². The van der Waals surface area contributed by atoms with Crippen LogP contribution in [0.5, 0.6) is 5.88 Å². The molecule has 9 heteroatoms. The van der Waals surface area contributed by atoms with Crippen LogP contribution in [-0.2, 0) is 10.9 Å². The van der Waals surface area contributed by atoms with Crippen molar-refractivity contribution in [3.05, 3.63) is 53.3 Å². The number of benzene rings is 2. The third-order valence-electron chi connectivity index (χ3n) is 4.26. The Bertz CT molecular complexity index is 1040. The Balaban J connectivity index is 1.97. The number of ether oxygens (including phenoxy) is 1. The summed E-state index contributed by atoms with van der Waals surface area (Å²) in [5.74, 6) is -0.903. The molecule has 0 saturated heterocycles. The Kier molecular flexibility index (Phi) is 5.78. The van der Waals surface area contributed by atoms with Crippen molar-refractivity contribution in [2.45, 2.75) is 19.1 Å². The molecule has 1 aromatic heterocycles. The molecule has 1 unspecified atom stereocenters. The van der Waals surface area contributed by atoms with E-state index in [1.54, 1.807) is 13.0 Å². The van der Waals surface area contributed by atoms with Crippen molar-refractivity contribution in [2.75, 3.05) is 19.0 Å². The standard InChI is InChI=1S/C20H19F4N3O2/c1-11(10-29-2)26-16-7-6-12(8-14(16)20(22,23)24)25-9-13-18-15(21)4-3-5-17(18)27-19(13)28/h3-9,11,26-28H,10H2,1-2H3. The van der Waals surface area contributed by atoms with Gasteiger partial charge in [-0.05, 0) is 37.3 Å². The molecule has 0 saturated carbocycles. The van der Waals surface area contributed by atoms with Crippen LogP contribution in [-0.4, -0.2) is 36.1 Å². The maximum Gasteiger partial charge on any atom is 0.418 e. The van der Waals surface area contributed by atoms with Crippen LogP contribution in [0.4, 0.5) is 28.9 Å². The Morgan fingerprint density at radius 3 is 2.72 bits per heavy atom. The maximum absolute atomic E-state index is 14.1. The first-order chi connectivity index (χ1) is 13.7. The first-order valence-corrected chi connectivity index (χ1v) is 8.70. The predicted molar refractivity (Wildman–Crippen MR) is 104 cm³/mol. The molecule has 0 aliphatic heterocycles. The number of methoxy groups -OCH3 is 1. The van der Waals surface area contributed by atoms with Crippen LogP contribution in [0.1, 0.15) is 18.1 Å². The van der Waals surface area contributed by atoms with E-state index in [0.717, 1.165) is 12.3 Å². The normalized spacial score (nSPS) is 13.3. The third kappa shape index (κ3) is 4.51.